The highest BCUT2D eigenvalue weighted by Gasteiger charge is 2.49. The Morgan fingerprint density at radius 2 is 1.75 bits per heavy atom. The highest BCUT2D eigenvalue weighted by Crippen LogP contribution is 2.17. The second kappa shape index (κ2) is 5.39. The molecule has 2 atom stereocenters. The summed E-state index contributed by atoms with van der Waals surface area (Å²) >= 11 is 0. The van der Waals surface area contributed by atoms with Crippen molar-refractivity contribution in [2.75, 3.05) is 6.79 Å². The lowest BCUT2D eigenvalue weighted by Crippen LogP contribution is -2.54. The Morgan fingerprint density at radius 3 is 2.06 bits per heavy atom. The predicted molar refractivity (Wildman–Crippen MR) is 44.0 cm³/mol. The summed E-state index contributed by atoms with van der Waals surface area (Å²) in [6, 6.07) is 0. The van der Waals surface area contributed by atoms with Crippen molar-refractivity contribution in [1.29, 1.82) is 0 Å². The molecule has 16 heavy (non-hydrogen) atoms. The number of carboxylic acids is 2. The SMILES string of the molecule is O=C(CC(O)(C(=O)O)C(O)C(=O)O)OCO. The lowest BCUT2D eigenvalue weighted by Gasteiger charge is -2.24. The zero-order valence-corrected chi connectivity index (χ0v) is 7.86. The Morgan fingerprint density at radius 1 is 1.25 bits per heavy atom. The third-order valence-corrected chi connectivity index (χ3v) is 1.70. The number of carbonyl (C=O) groups is 3. The van der Waals surface area contributed by atoms with Crippen LogP contribution in [0.2, 0.25) is 0 Å². The largest absolute Gasteiger partial charge is 0.479 e. The first-order valence-electron chi connectivity index (χ1n) is 3.88. The van der Waals surface area contributed by atoms with Gasteiger partial charge in [0.25, 0.3) is 0 Å². The molecule has 0 spiro atoms. The molecule has 0 amide bonds. The van der Waals surface area contributed by atoms with Gasteiger partial charge in [0, 0.05) is 0 Å². The van der Waals surface area contributed by atoms with E-state index in [1.807, 2.05) is 0 Å². The van der Waals surface area contributed by atoms with Gasteiger partial charge in [0.15, 0.2) is 12.9 Å². The quantitative estimate of drug-likeness (QED) is 0.242. The number of carbonyl (C=O) groups excluding carboxylic acids is 1. The molecule has 92 valence electrons. The number of hydrogen-bond donors (Lipinski definition) is 5. The second-order valence-electron chi connectivity index (χ2n) is 2.79. The lowest BCUT2D eigenvalue weighted by molar-refractivity contribution is -0.190. The molecule has 9 nitrogen and oxygen atoms in total. The van der Waals surface area contributed by atoms with Crippen LogP contribution in [-0.4, -0.2) is 61.9 Å². The van der Waals surface area contributed by atoms with E-state index in [0.29, 0.717) is 0 Å². The van der Waals surface area contributed by atoms with Crippen molar-refractivity contribution in [2.24, 2.45) is 0 Å². The van der Waals surface area contributed by atoms with Gasteiger partial charge in [-0.3, -0.25) is 4.79 Å². The Bertz CT molecular complexity index is 298. The van der Waals surface area contributed by atoms with Gasteiger partial charge in [0.1, 0.15) is 0 Å². The summed E-state index contributed by atoms with van der Waals surface area (Å²) in [4.78, 5) is 31.7. The molecular weight excluding hydrogens is 228 g/mol. The molecule has 0 rings (SSSR count). The van der Waals surface area contributed by atoms with Crippen LogP contribution in [0, 0.1) is 0 Å². The Kier molecular flexibility index (Phi) is 4.82. The first-order chi connectivity index (χ1) is 7.25. The van der Waals surface area contributed by atoms with Crippen molar-refractivity contribution in [3.63, 3.8) is 0 Å². The van der Waals surface area contributed by atoms with E-state index in [2.05, 4.69) is 4.74 Å². The van der Waals surface area contributed by atoms with Gasteiger partial charge in [-0.2, -0.15) is 0 Å². The number of aliphatic carboxylic acids is 2. The normalized spacial score (nSPS) is 15.9. The number of hydrogen-bond acceptors (Lipinski definition) is 7. The van der Waals surface area contributed by atoms with Crippen LogP contribution in [0.3, 0.4) is 0 Å². The molecule has 0 saturated carbocycles. The summed E-state index contributed by atoms with van der Waals surface area (Å²) < 4.78 is 3.91. The van der Waals surface area contributed by atoms with Gasteiger partial charge < -0.3 is 30.3 Å². The maximum absolute atomic E-state index is 10.8. The third-order valence-electron chi connectivity index (χ3n) is 1.70. The van der Waals surface area contributed by atoms with Gasteiger partial charge in [-0.15, -0.1) is 0 Å². The molecular formula is C7H10O9. The van der Waals surface area contributed by atoms with Crippen LogP contribution in [-0.2, 0) is 19.1 Å². The van der Waals surface area contributed by atoms with Crippen LogP contribution in [0.5, 0.6) is 0 Å². The molecule has 0 aliphatic heterocycles. The van der Waals surface area contributed by atoms with E-state index in [0.717, 1.165) is 0 Å². The van der Waals surface area contributed by atoms with E-state index >= 15 is 0 Å². The Labute approximate surface area is 88.5 Å². The topological polar surface area (TPSA) is 162 Å². The minimum atomic E-state index is -3.21. The zero-order valence-electron chi connectivity index (χ0n) is 7.86. The lowest BCUT2D eigenvalue weighted by atomic mass is 9.93. The zero-order chi connectivity index (χ0) is 12.9. The van der Waals surface area contributed by atoms with Gasteiger partial charge in [-0.1, -0.05) is 0 Å². The average molecular weight is 238 g/mol. The number of carboxylic acid groups (broad SMARTS) is 2. The fourth-order valence-electron chi connectivity index (χ4n) is 0.837. The van der Waals surface area contributed by atoms with Crippen LogP contribution in [0.1, 0.15) is 6.42 Å². The first kappa shape index (κ1) is 14.3. The van der Waals surface area contributed by atoms with Crippen molar-refractivity contribution in [1.82, 2.24) is 0 Å². The Balaban J connectivity index is 4.90. The molecule has 0 saturated heterocycles. The summed E-state index contributed by atoms with van der Waals surface area (Å²) in [6.07, 6.45) is -4.01. The van der Waals surface area contributed by atoms with Gasteiger partial charge in [-0.25, -0.2) is 9.59 Å². The summed E-state index contributed by atoms with van der Waals surface area (Å²) in [5.41, 5.74) is -3.21. The third kappa shape index (κ3) is 3.15. The highest BCUT2D eigenvalue weighted by molar-refractivity contribution is 5.91. The number of aliphatic hydroxyl groups excluding tert-OH is 2. The molecule has 0 heterocycles. The molecule has 9 heteroatoms. The minimum absolute atomic E-state index is 1.06. The maximum atomic E-state index is 10.8. The van der Waals surface area contributed by atoms with Crippen LogP contribution in [0.25, 0.3) is 0 Å². The standard InChI is InChI=1S/C7H10O9/c8-2-16-3(9)1-7(15,6(13)14)4(10)5(11)12/h4,8,10,15H,1-2H2,(H,11,12)(H,13,14). The smallest absolute Gasteiger partial charge is 0.339 e. The van der Waals surface area contributed by atoms with Crippen molar-refractivity contribution in [3.05, 3.63) is 0 Å². The molecule has 0 aliphatic carbocycles. The molecule has 0 aromatic rings. The van der Waals surface area contributed by atoms with Crippen molar-refractivity contribution in [3.8, 4) is 0 Å². The first-order valence-corrected chi connectivity index (χ1v) is 3.88. The number of rotatable bonds is 6. The molecule has 5 N–H and O–H groups in total. The second-order valence-corrected chi connectivity index (χ2v) is 2.79. The molecule has 0 fully saturated rings. The van der Waals surface area contributed by atoms with Crippen molar-refractivity contribution >= 4 is 17.9 Å². The monoisotopic (exact) mass is 238 g/mol. The van der Waals surface area contributed by atoms with Crippen LogP contribution >= 0.6 is 0 Å². The average Bonchev–Trinajstić information content (AvgIpc) is 2.16. The molecule has 0 aromatic heterocycles. The molecule has 0 aromatic carbocycles. The fourth-order valence-corrected chi connectivity index (χ4v) is 0.837. The molecule has 2 unspecified atom stereocenters. The van der Waals surface area contributed by atoms with Gasteiger partial charge in [-0.05, 0) is 0 Å². The van der Waals surface area contributed by atoms with E-state index < -0.39 is 42.8 Å². The van der Waals surface area contributed by atoms with E-state index in [-0.39, 0.29) is 0 Å². The van der Waals surface area contributed by atoms with Crippen LogP contribution in [0.15, 0.2) is 0 Å². The van der Waals surface area contributed by atoms with Crippen molar-refractivity contribution < 1.29 is 44.7 Å². The van der Waals surface area contributed by atoms with Gasteiger partial charge in [0.2, 0.25) is 5.60 Å². The van der Waals surface area contributed by atoms with Gasteiger partial charge in [0.05, 0.1) is 6.42 Å². The van der Waals surface area contributed by atoms with Crippen LogP contribution < -0.4 is 0 Å². The minimum Gasteiger partial charge on any atom is -0.479 e. The van der Waals surface area contributed by atoms with E-state index in [4.69, 9.17) is 20.4 Å². The summed E-state index contributed by atoms with van der Waals surface area (Å²) in [6.45, 7) is -1.06. The van der Waals surface area contributed by atoms with E-state index in [9.17, 15) is 19.5 Å². The predicted octanol–water partition coefficient (Wildman–Crippen LogP) is -2.87. The molecule has 0 bridgehead atoms. The molecule has 0 aliphatic rings. The van der Waals surface area contributed by atoms with Crippen LogP contribution in [0.4, 0.5) is 0 Å². The van der Waals surface area contributed by atoms with Crippen molar-refractivity contribution in [2.45, 2.75) is 18.1 Å². The number of ether oxygens (including phenoxy) is 1. The summed E-state index contributed by atoms with van der Waals surface area (Å²) in [5.74, 6) is -5.48. The van der Waals surface area contributed by atoms with E-state index in [1.54, 1.807) is 0 Å². The summed E-state index contributed by atoms with van der Waals surface area (Å²) in [7, 11) is 0. The fraction of sp³-hybridized carbons (Fsp3) is 0.571. The van der Waals surface area contributed by atoms with E-state index in [1.165, 1.54) is 0 Å². The highest BCUT2D eigenvalue weighted by atomic mass is 16.6. The Hall–Kier alpha value is -1.71. The number of aliphatic hydroxyl groups is 3. The number of esters is 1. The maximum Gasteiger partial charge on any atom is 0.339 e. The summed E-state index contributed by atoms with van der Waals surface area (Å²) in [5, 5.41) is 43.3. The van der Waals surface area contributed by atoms with Gasteiger partial charge >= 0.3 is 17.9 Å². The molecule has 0 radical (unpaired) electrons.